The standard InChI is InChI=1S/C18H22N2O4/c1-18(2,3)20-15(21)11-19-17(22)16-13(9-10-23-16)12-24-14-7-5-4-6-8-14/h4-10H,11-12H2,1-3H3,(H,19,22)(H,20,21). The average Bonchev–Trinajstić information content (AvgIpc) is 2.98. The second-order valence-electron chi connectivity index (χ2n) is 6.36. The van der Waals surface area contributed by atoms with Crippen LogP contribution in [0.5, 0.6) is 5.75 Å². The molecule has 2 amide bonds. The molecule has 0 atom stereocenters. The van der Waals surface area contributed by atoms with E-state index in [2.05, 4.69) is 10.6 Å². The molecule has 24 heavy (non-hydrogen) atoms. The van der Waals surface area contributed by atoms with E-state index in [1.54, 1.807) is 6.07 Å². The van der Waals surface area contributed by atoms with Crippen molar-refractivity contribution in [1.29, 1.82) is 0 Å². The largest absolute Gasteiger partial charge is 0.489 e. The maximum atomic E-state index is 12.2. The molecule has 0 fully saturated rings. The zero-order valence-corrected chi connectivity index (χ0v) is 14.1. The van der Waals surface area contributed by atoms with Crippen LogP contribution >= 0.6 is 0 Å². The predicted molar refractivity (Wildman–Crippen MR) is 89.7 cm³/mol. The molecule has 0 bridgehead atoms. The summed E-state index contributed by atoms with van der Waals surface area (Å²) < 4.78 is 10.8. The molecule has 2 aromatic rings. The van der Waals surface area contributed by atoms with Crippen LogP contribution < -0.4 is 15.4 Å². The fourth-order valence-electron chi connectivity index (χ4n) is 2.03. The van der Waals surface area contributed by atoms with Crippen molar-refractivity contribution >= 4 is 11.8 Å². The van der Waals surface area contributed by atoms with Crippen molar-refractivity contribution in [2.45, 2.75) is 32.9 Å². The fourth-order valence-corrected chi connectivity index (χ4v) is 2.03. The number of hydrogen-bond acceptors (Lipinski definition) is 4. The van der Waals surface area contributed by atoms with Gasteiger partial charge in [0.2, 0.25) is 5.91 Å². The molecule has 0 aliphatic rings. The van der Waals surface area contributed by atoms with Gasteiger partial charge in [-0.15, -0.1) is 0 Å². The lowest BCUT2D eigenvalue weighted by Crippen LogP contribution is -2.45. The Morgan fingerprint density at radius 1 is 1.12 bits per heavy atom. The van der Waals surface area contributed by atoms with E-state index in [1.165, 1.54) is 6.26 Å². The minimum absolute atomic E-state index is 0.115. The SMILES string of the molecule is CC(C)(C)NC(=O)CNC(=O)c1occc1COc1ccccc1. The summed E-state index contributed by atoms with van der Waals surface area (Å²) in [6.45, 7) is 5.71. The monoisotopic (exact) mass is 330 g/mol. The number of ether oxygens (including phenoxy) is 1. The summed E-state index contributed by atoms with van der Waals surface area (Å²) in [7, 11) is 0. The molecule has 1 aromatic heterocycles. The molecule has 0 spiro atoms. The smallest absolute Gasteiger partial charge is 0.287 e. The lowest BCUT2D eigenvalue weighted by Gasteiger charge is -2.20. The topological polar surface area (TPSA) is 80.6 Å². The lowest BCUT2D eigenvalue weighted by atomic mass is 10.1. The molecule has 1 aromatic carbocycles. The summed E-state index contributed by atoms with van der Waals surface area (Å²) in [6, 6.07) is 11.0. The maximum Gasteiger partial charge on any atom is 0.287 e. The third kappa shape index (κ3) is 5.46. The van der Waals surface area contributed by atoms with Crippen LogP contribution in [0.15, 0.2) is 47.1 Å². The van der Waals surface area contributed by atoms with Crippen LogP contribution in [0.2, 0.25) is 0 Å². The number of para-hydroxylation sites is 1. The van der Waals surface area contributed by atoms with E-state index < -0.39 is 5.91 Å². The van der Waals surface area contributed by atoms with Gasteiger partial charge in [0.25, 0.3) is 5.91 Å². The summed E-state index contributed by atoms with van der Waals surface area (Å²) >= 11 is 0. The Labute approximate surface area is 141 Å². The number of nitrogens with one attached hydrogen (secondary N) is 2. The minimum atomic E-state index is -0.448. The number of hydrogen-bond donors (Lipinski definition) is 2. The number of furan rings is 1. The highest BCUT2D eigenvalue weighted by Crippen LogP contribution is 2.15. The van der Waals surface area contributed by atoms with Crippen molar-refractivity contribution in [2.75, 3.05) is 6.54 Å². The molecule has 1 heterocycles. The van der Waals surface area contributed by atoms with Crippen LogP contribution in [0.4, 0.5) is 0 Å². The first-order valence-electron chi connectivity index (χ1n) is 7.68. The molecule has 0 aliphatic carbocycles. The van der Waals surface area contributed by atoms with E-state index in [1.807, 2.05) is 51.1 Å². The second-order valence-corrected chi connectivity index (χ2v) is 6.36. The molecule has 2 rings (SSSR count). The molecule has 128 valence electrons. The number of amides is 2. The van der Waals surface area contributed by atoms with Crippen molar-refractivity contribution in [3.63, 3.8) is 0 Å². The van der Waals surface area contributed by atoms with Crippen molar-refractivity contribution in [1.82, 2.24) is 10.6 Å². The first-order chi connectivity index (χ1) is 11.3. The zero-order chi connectivity index (χ0) is 17.6. The fraction of sp³-hybridized carbons (Fsp3) is 0.333. The summed E-state index contributed by atoms with van der Waals surface area (Å²) in [6.07, 6.45) is 1.42. The average molecular weight is 330 g/mol. The predicted octanol–water partition coefficient (Wildman–Crippen LogP) is 2.50. The Morgan fingerprint density at radius 3 is 2.50 bits per heavy atom. The van der Waals surface area contributed by atoms with Gasteiger partial charge in [0, 0.05) is 11.1 Å². The van der Waals surface area contributed by atoms with Gasteiger partial charge in [-0.3, -0.25) is 9.59 Å². The Bertz CT molecular complexity index is 687. The Morgan fingerprint density at radius 2 is 1.83 bits per heavy atom. The quantitative estimate of drug-likeness (QED) is 0.853. The van der Waals surface area contributed by atoms with Crippen molar-refractivity contribution in [3.05, 3.63) is 54.0 Å². The first kappa shape index (κ1) is 17.6. The molecule has 0 radical (unpaired) electrons. The summed E-state index contributed by atoms with van der Waals surface area (Å²) in [4.78, 5) is 23.9. The van der Waals surface area contributed by atoms with E-state index in [-0.39, 0.29) is 30.4 Å². The van der Waals surface area contributed by atoms with Gasteiger partial charge in [0.1, 0.15) is 12.4 Å². The third-order valence-corrected chi connectivity index (χ3v) is 3.01. The first-order valence-corrected chi connectivity index (χ1v) is 7.68. The van der Waals surface area contributed by atoms with Crippen LogP contribution in [-0.2, 0) is 11.4 Å². The molecule has 0 aliphatic heterocycles. The van der Waals surface area contributed by atoms with Crippen LogP contribution in [-0.4, -0.2) is 23.9 Å². The number of rotatable bonds is 6. The molecule has 0 unspecified atom stereocenters. The Balaban J connectivity index is 1.89. The highest BCUT2D eigenvalue weighted by atomic mass is 16.5. The van der Waals surface area contributed by atoms with Crippen LogP contribution in [0.1, 0.15) is 36.9 Å². The van der Waals surface area contributed by atoms with E-state index in [4.69, 9.17) is 9.15 Å². The third-order valence-electron chi connectivity index (χ3n) is 3.01. The van der Waals surface area contributed by atoms with E-state index in [0.717, 1.165) is 0 Å². The minimum Gasteiger partial charge on any atom is -0.489 e. The van der Waals surface area contributed by atoms with Gasteiger partial charge in [-0.1, -0.05) is 18.2 Å². The summed E-state index contributed by atoms with van der Waals surface area (Å²) in [5.74, 6) is 0.143. The van der Waals surface area contributed by atoms with Gasteiger partial charge in [-0.05, 0) is 39.0 Å². The molecular weight excluding hydrogens is 308 g/mol. The Kier molecular flexibility index (Phi) is 5.63. The summed E-state index contributed by atoms with van der Waals surface area (Å²) in [5.41, 5.74) is 0.272. The normalized spacial score (nSPS) is 11.0. The van der Waals surface area contributed by atoms with Crippen LogP contribution in [0, 0.1) is 0 Å². The zero-order valence-electron chi connectivity index (χ0n) is 14.1. The Hall–Kier alpha value is -2.76. The van der Waals surface area contributed by atoms with Gasteiger partial charge < -0.3 is 19.8 Å². The van der Waals surface area contributed by atoms with Crippen molar-refractivity contribution < 1.29 is 18.7 Å². The molecule has 2 N–H and O–H groups in total. The van der Waals surface area contributed by atoms with E-state index >= 15 is 0 Å². The summed E-state index contributed by atoms with van der Waals surface area (Å²) in [5, 5.41) is 5.32. The van der Waals surface area contributed by atoms with Gasteiger partial charge in [-0.25, -0.2) is 0 Å². The van der Waals surface area contributed by atoms with Gasteiger partial charge in [0.05, 0.1) is 12.8 Å². The van der Waals surface area contributed by atoms with Gasteiger partial charge in [-0.2, -0.15) is 0 Å². The maximum absolute atomic E-state index is 12.2. The molecule has 0 saturated heterocycles. The van der Waals surface area contributed by atoms with Gasteiger partial charge in [0.15, 0.2) is 5.76 Å². The molecular formula is C18H22N2O4. The number of benzene rings is 1. The second kappa shape index (κ2) is 7.68. The van der Waals surface area contributed by atoms with Crippen molar-refractivity contribution in [2.24, 2.45) is 0 Å². The van der Waals surface area contributed by atoms with E-state index in [0.29, 0.717) is 11.3 Å². The number of carbonyl (C=O) groups is 2. The van der Waals surface area contributed by atoms with Gasteiger partial charge >= 0.3 is 0 Å². The molecule has 6 heteroatoms. The highest BCUT2D eigenvalue weighted by Gasteiger charge is 2.18. The van der Waals surface area contributed by atoms with Crippen molar-refractivity contribution in [3.8, 4) is 5.75 Å². The van der Waals surface area contributed by atoms with Crippen LogP contribution in [0.3, 0.4) is 0 Å². The lowest BCUT2D eigenvalue weighted by molar-refractivity contribution is -0.121. The number of carbonyl (C=O) groups excluding carboxylic acids is 2. The molecule has 6 nitrogen and oxygen atoms in total. The molecule has 0 saturated carbocycles. The van der Waals surface area contributed by atoms with E-state index in [9.17, 15) is 9.59 Å². The highest BCUT2D eigenvalue weighted by molar-refractivity contribution is 5.95. The van der Waals surface area contributed by atoms with Crippen LogP contribution in [0.25, 0.3) is 0 Å².